The van der Waals surface area contributed by atoms with Crippen LogP contribution in [0.15, 0.2) is 109 Å². The van der Waals surface area contributed by atoms with Gasteiger partial charge in [-0.2, -0.15) is 0 Å². The van der Waals surface area contributed by atoms with E-state index in [2.05, 4.69) is 116 Å². The highest BCUT2D eigenvalue weighted by atomic mass is 14.6. The van der Waals surface area contributed by atoms with Gasteiger partial charge < -0.3 is 0 Å². The van der Waals surface area contributed by atoms with Crippen molar-refractivity contribution in [1.82, 2.24) is 0 Å². The fourth-order valence-electron chi connectivity index (χ4n) is 7.33. The van der Waals surface area contributed by atoms with Gasteiger partial charge in [-0.3, -0.25) is 0 Å². The zero-order chi connectivity index (χ0) is 23.1. The number of hydrogen-bond donors (Lipinski definition) is 0. The van der Waals surface area contributed by atoms with Gasteiger partial charge in [0.05, 0.1) is 5.41 Å². The fourth-order valence-corrected chi connectivity index (χ4v) is 7.33. The van der Waals surface area contributed by atoms with E-state index in [0.717, 1.165) is 12.8 Å². The minimum absolute atomic E-state index is 0.239. The van der Waals surface area contributed by atoms with Crippen molar-refractivity contribution < 1.29 is 0 Å². The summed E-state index contributed by atoms with van der Waals surface area (Å²) < 4.78 is 0. The van der Waals surface area contributed by atoms with Crippen LogP contribution in [0, 0.1) is 5.92 Å². The Morgan fingerprint density at radius 1 is 0.686 bits per heavy atom. The molecule has 0 bridgehead atoms. The molecule has 166 valence electrons. The Morgan fingerprint density at radius 2 is 1.37 bits per heavy atom. The van der Waals surface area contributed by atoms with Crippen molar-refractivity contribution >= 4 is 16.7 Å². The molecule has 0 N–H and O–H groups in total. The molecule has 8 rings (SSSR count). The van der Waals surface area contributed by atoms with Crippen LogP contribution < -0.4 is 0 Å². The summed E-state index contributed by atoms with van der Waals surface area (Å²) in [5, 5.41) is 0. The number of allylic oxidation sites excluding steroid dienone is 6. The molecule has 0 heteroatoms. The lowest BCUT2D eigenvalue weighted by atomic mass is 9.68. The van der Waals surface area contributed by atoms with E-state index in [9.17, 15) is 0 Å². The van der Waals surface area contributed by atoms with Gasteiger partial charge in [0, 0.05) is 0 Å². The van der Waals surface area contributed by atoms with Crippen molar-refractivity contribution in [3.8, 4) is 11.1 Å². The van der Waals surface area contributed by atoms with E-state index < -0.39 is 0 Å². The van der Waals surface area contributed by atoms with Crippen molar-refractivity contribution in [3.05, 3.63) is 148 Å². The van der Waals surface area contributed by atoms with Gasteiger partial charge >= 0.3 is 0 Å². The molecule has 0 nitrogen and oxygen atoms in total. The summed E-state index contributed by atoms with van der Waals surface area (Å²) in [4.78, 5) is 0. The van der Waals surface area contributed by atoms with Crippen LogP contribution in [0.4, 0.5) is 0 Å². The molecule has 4 aliphatic carbocycles. The Balaban J connectivity index is 1.46. The molecule has 0 heterocycles. The predicted octanol–water partition coefficient (Wildman–Crippen LogP) is 8.46. The summed E-state index contributed by atoms with van der Waals surface area (Å²) in [5.74, 6) is 0.589. The van der Waals surface area contributed by atoms with Gasteiger partial charge in [-0.1, -0.05) is 110 Å². The molecule has 0 amide bonds. The number of fused-ring (bicyclic) bond motifs is 11. The highest BCUT2D eigenvalue weighted by Gasteiger charge is 2.54. The Hall–Kier alpha value is -3.90. The highest BCUT2D eigenvalue weighted by molar-refractivity contribution is 6.12. The second kappa shape index (κ2) is 6.83. The van der Waals surface area contributed by atoms with Crippen molar-refractivity contribution in [2.75, 3.05) is 0 Å². The maximum Gasteiger partial charge on any atom is 0.0728 e. The van der Waals surface area contributed by atoms with Gasteiger partial charge in [-0.25, -0.2) is 0 Å². The summed E-state index contributed by atoms with van der Waals surface area (Å²) in [5.41, 5.74) is 17.0. The van der Waals surface area contributed by atoms with E-state index in [0.29, 0.717) is 5.92 Å². The van der Waals surface area contributed by atoms with E-state index in [1.165, 1.54) is 66.8 Å². The Kier molecular flexibility index (Phi) is 3.79. The lowest BCUT2D eigenvalue weighted by Gasteiger charge is -2.33. The molecular formula is C35H26. The van der Waals surface area contributed by atoms with Crippen LogP contribution in [0.5, 0.6) is 0 Å². The molecular weight excluding hydrogens is 420 g/mol. The maximum absolute atomic E-state index is 2.47. The molecule has 4 aromatic carbocycles. The fraction of sp³-hybridized carbons (Fsp3) is 0.143. The molecule has 0 saturated heterocycles. The second-order valence-electron chi connectivity index (χ2n) is 10.5. The molecule has 35 heavy (non-hydrogen) atoms. The minimum atomic E-state index is -0.239. The Bertz CT molecular complexity index is 1660. The zero-order valence-electron chi connectivity index (χ0n) is 19.9. The topological polar surface area (TPSA) is 0 Å². The van der Waals surface area contributed by atoms with E-state index in [1.807, 2.05) is 0 Å². The van der Waals surface area contributed by atoms with Crippen LogP contribution in [0.3, 0.4) is 0 Å². The maximum atomic E-state index is 2.47. The zero-order valence-corrected chi connectivity index (χ0v) is 19.9. The molecule has 0 fully saturated rings. The molecule has 0 radical (unpaired) electrons. The first-order valence-corrected chi connectivity index (χ1v) is 12.8. The molecule has 0 aliphatic heterocycles. The van der Waals surface area contributed by atoms with E-state index in [1.54, 1.807) is 0 Å². The standard InChI is InChI=1S/C35H26/c1-22-9-8-11-23(19-22)24-17-18-33-29(20-24)27-13-4-6-15-31(27)35(33)32-16-7-5-14-28(32)30-21-25-10-2-3-12-26(25)34(30)35/h2-18,20,22H,19,21H2,1H3. The SMILES string of the molecule is CC1C=CC=C(c2ccc3c(c2)-c2ccccc2C32C3=C(Cc4ccccc43)c3ccccc32)C1. The van der Waals surface area contributed by atoms with Crippen LogP contribution >= 0.6 is 0 Å². The summed E-state index contributed by atoms with van der Waals surface area (Å²) >= 11 is 0. The van der Waals surface area contributed by atoms with E-state index >= 15 is 0 Å². The summed E-state index contributed by atoms with van der Waals surface area (Å²) in [7, 11) is 0. The average molecular weight is 447 g/mol. The number of benzene rings is 4. The van der Waals surface area contributed by atoms with Gasteiger partial charge in [0.1, 0.15) is 0 Å². The van der Waals surface area contributed by atoms with E-state index in [4.69, 9.17) is 0 Å². The highest BCUT2D eigenvalue weighted by Crippen LogP contribution is 2.66. The largest absolute Gasteiger partial charge is 0.0814 e. The van der Waals surface area contributed by atoms with Crippen LogP contribution in [0.2, 0.25) is 0 Å². The summed E-state index contributed by atoms with van der Waals surface area (Å²) in [6.07, 6.45) is 8.97. The molecule has 0 saturated carbocycles. The van der Waals surface area contributed by atoms with Crippen molar-refractivity contribution in [3.63, 3.8) is 0 Å². The third-order valence-corrected chi connectivity index (χ3v) is 8.68. The third-order valence-electron chi connectivity index (χ3n) is 8.68. The minimum Gasteiger partial charge on any atom is -0.0814 e. The predicted molar refractivity (Wildman–Crippen MR) is 146 cm³/mol. The monoisotopic (exact) mass is 446 g/mol. The van der Waals surface area contributed by atoms with Crippen molar-refractivity contribution in [1.29, 1.82) is 0 Å². The number of rotatable bonds is 1. The van der Waals surface area contributed by atoms with E-state index in [-0.39, 0.29) is 5.41 Å². The van der Waals surface area contributed by atoms with Gasteiger partial charge in [-0.05, 0) is 91.6 Å². The summed E-state index contributed by atoms with van der Waals surface area (Å²) in [6, 6.07) is 34.7. The normalized spacial score (nSPS) is 22.5. The summed E-state index contributed by atoms with van der Waals surface area (Å²) in [6.45, 7) is 2.31. The lowest BCUT2D eigenvalue weighted by Crippen LogP contribution is -2.26. The van der Waals surface area contributed by atoms with Crippen molar-refractivity contribution in [2.24, 2.45) is 5.92 Å². The number of hydrogen-bond acceptors (Lipinski definition) is 0. The first-order valence-electron chi connectivity index (χ1n) is 12.8. The van der Waals surface area contributed by atoms with Gasteiger partial charge in [0.2, 0.25) is 0 Å². The van der Waals surface area contributed by atoms with Gasteiger partial charge in [0.25, 0.3) is 0 Å². The van der Waals surface area contributed by atoms with Crippen LogP contribution in [-0.2, 0) is 11.8 Å². The lowest BCUT2D eigenvalue weighted by molar-refractivity contribution is 0.749. The molecule has 1 spiro atoms. The first kappa shape index (κ1) is 19.4. The third kappa shape index (κ3) is 2.37. The molecule has 2 atom stereocenters. The second-order valence-corrected chi connectivity index (χ2v) is 10.5. The Morgan fingerprint density at radius 3 is 2.20 bits per heavy atom. The molecule has 2 unspecified atom stereocenters. The smallest absolute Gasteiger partial charge is 0.0728 e. The van der Waals surface area contributed by atoms with Crippen LogP contribution in [0.25, 0.3) is 27.8 Å². The van der Waals surface area contributed by atoms with Crippen LogP contribution in [-0.4, -0.2) is 0 Å². The quantitative estimate of drug-likeness (QED) is 0.275. The van der Waals surface area contributed by atoms with Gasteiger partial charge in [-0.15, -0.1) is 0 Å². The molecule has 0 aromatic heterocycles. The Labute approximate surface area is 207 Å². The van der Waals surface area contributed by atoms with Gasteiger partial charge in [0.15, 0.2) is 0 Å². The first-order chi connectivity index (χ1) is 17.3. The molecule has 4 aromatic rings. The van der Waals surface area contributed by atoms with Crippen molar-refractivity contribution in [2.45, 2.75) is 25.2 Å². The average Bonchev–Trinajstić information content (AvgIpc) is 3.52. The molecule has 4 aliphatic rings. The van der Waals surface area contributed by atoms with Crippen LogP contribution in [0.1, 0.15) is 52.3 Å².